The molecule has 0 spiro atoms. The van der Waals surface area contributed by atoms with Gasteiger partial charge in [0.25, 0.3) is 0 Å². The van der Waals surface area contributed by atoms with Gasteiger partial charge in [-0.2, -0.15) is 0 Å². The minimum atomic E-state index is 0.311. The lowest BCUT2D eigenvalue weighted by atomic mass is 9.75. The Morgan fingerprint density at radius 1 is 1.18 bits per heavy atom. The van der Waals surface area contributed by atoms with Crippen LogP contribution in [-0.4, -0.2) is 43.3 Å². The van der Waals surface area contributed by atoms with Crippen molar-refractivity contribution in [2.45, 2.75) is 57.1 Å². The molecule has 100 valence electrons. The molecule has 1 saturated heterocycles. The Morgan fingerprint density at radius 2 is 1.76 bits per heavy atom. The maximum absolute atomic E-state index is 6.11. The van der Waals surface area contributed by atoms with E-state index in [2.05, 4.69) is 11.8 Å². The quantitative estimate of drug-likeness (QED) is 0.820. The monoisotopic (exact) mass is 240 g/mol. The van der Waals surface area contributed by atoms with E-state index in [-0.39, 0.29) is 0 Å². The van der Waals surface area contributed by atoms with Crippen molar-refractivity contribution in [3.05, 3.63) is 0 Å². The van der Waals surface area contributed by atoms with Gasteiger partial charge in [0.1, 0.15) is 0 Å². The zero-order chi connectivity index (χ0) is 12.3. The molecule has 2 aliphatic rings. The van der Waals surface area contributed by atoms with E-state index >= 15 is 0 Å². The standard InChI is InChI=1S/C14H28N2O/c1-12-3-7-14(11-15,8-4-12)16-9-5-13(17-2)6-10-16/h12-13H,3-11,15H2,1-2H3. The smallest absolute Gasteiger partial charge is 0.0595 e. The lowest BCUT2D eigenvalue weighted by Crippen LogP contribution is -2.58. The predicted octanol–water partition coefficient (Wildman–Crippen LogP) is 2.00. The fraction of sp³-hybridized carbons (Fsp3) is 1.00. The van der Waals surface area contributed by atoms with Crippen LogP contribution < -0.4 is 5.73 Å². The highest BCUT2D eigenvalue weighted by molar-refractivity contribution is 4.97. The first-order valence-electron chi connectivity index (χ1n) is 7.18. The summed E-state index contributed by atoms with van der Waals surface area (Å²) in [6.07, 6.45) is 8.11. The van der Waals surface area contributed by atoms with E-state index in [9.17, 15) is 0 Å². The Morgan fingerprint density at radius 3 is 2.24 bits per heavy atom. The lowest BCUT2D eigenvalue weighted by molar-refractivity contribution is -0.0204. The first-order valence-corrected chi connectivity index (χ1v) is 7.18. The molecule has 0 aromatic carbocycles. The highest BCUT2D eigenvalue weighted by Gasteiger charge is 2.39. The Kier molecular flexibility index (Phi) is 4.45. The van der Waals surface area contributed by atoms with E-state index in [1.165, 1.54) is 51.6 Å². The SMILES string of the molecule is COC1CCN(C2(CN)CCC(C)CC2)CC1. The number of nitrogens with zero attached hydrogens (tertiary/aromatic N) is 1. The van der Waals surface area contributed by atoms with Gasteiger partial charge in [0.2, 0.25) is 0 Å². The van der Waals surface area contributed by atoms with Crippen LogP contribution in [0.25, 0.3) is 0 Å². The van der Waals surface area contributed by atoms with Gasteiger partial charge in [-0.15, -0.1) is 0 Å². The molecule has 0 atom stereocenters. The van der Waals surface area contributed by atoms with Crippen LogP contribution in [0.4, 0.5) is 0 Å². The summed E-state index contributed by atoms with van der Waals surface area (Å²) >= 11 is 0. The van der Waals surface area contributed by atoms with Crippen LogP contribution in [0.1, 0.15) is 45.4 Å². The number of likely N-dealkylation sites (tertiary alicyclic amines) is 1. The summed E-state index contributed by atoms with van der Waals surface area (Å²) in [4.78, 5) is 2.66. The van der Waals surface area contributed by atoms with Crippen LogP contribution in [0.15, 0.2) is 0 Å². The molecular formula is C14H28N2O. The molecule has 2 N–H and O–H groups in total. The molecule has 0 unspecified atom stereocenters. The van der Waals surface area contributed by atoms with Crippen molar-refractivity contribution < 1.29 is 4.74 Å². The van der Waals surface area contributed by atoms with E-state index in [1.54, 1.807) is 0 Å². The molecule has 2 rings (SSSR count). The zero-order valence-electron chi connectivity index (χ0n) is 11.5. The minimum Gasteiger partial charge on any atom is -0.381 e. The van der Waals surface area contributed by atoms with Crippen LogP contribution in [0.2, 0.25) is 0 Å². The normalized spacial score (nSPS) is 37.2. The van der Waals surface area contributed by atoms with Crippen molar-refractivity contribution in [3.8, 4) is 0 Å². The molecular weight excluding hydrogens is 212 g/mol. The third-order valence-electron chi connectivity index (χ3n) is 5.03. The summed E-state index contributed by atoms with van der Waals surface area (Å²) in [5.74, 6) is 0.895. The summed E-state index contributed by atoms with van der Waals surface area (Å²) in [6.45, 7) is 5.54. The number of hydrogen-bond acceptors (Lipinski definition) is 3. The molecule has 0 amide bonds. The van der Waals surface area contributed by atoms with Crippen LogP contribution in [0, 0.1) is 5.92 Å². The summed E-state index contributed by atoms with van der Waals surface area (Å²) < 4.78 is 5.45. The Labute approximate surface area is 106 Å². The highest BCUT2D eigenvalue weighted by Crippen LogP contribution is 2.37. The van der Waals surface area contributed by atoms with Crippen LogP contribution in [0.3, 0.4) is 0 Å². The third-order valence-corrected chi connectivity index (χ3v) is 5.03. The van der Waals surface area contributed by atoms with Crippen molar-refractivity contribution in [1.29, 1.82) is 0 Å². The van der Waals surface area contributed by atoms with Crippen LogP contribution in [0.5, 0.6) is 0 Å². The molecule has 2 fully saturated rings. The van der Waals surface area contributed by atoms with Gasteiger partial charge in [-0.05, 0) is 44.4 Å². The molecule has 0 bridgehead atoms. The van der Waals surface area contributed by atoms with E-state index in [4.69, 9.17) is 10.5 Å². The molecule has 0 aromatic heterocycles. The van der Waals surface area contributed by atoms with Gasteiger partial charge in [0.05, 0.1) is 6.10 Å². The number of hydrogen-bond donors (Lipinski definition) is 1. The summed E-state index contributed by atoms with van der Waals surface area (Å²) in [5.41, 5.74) is 6.42. The molecule has 0 radical (unpaired) electrons. The average molecular weight is 240 g/mol. The molecule has 1 heterocycles. The number of methoxy groups -OCH3 is 1. The summed E-state index contributed by atoms with van der Waals surface area (Å²) in [6, 6.07) is 0. The molecule has 17 heavy (non-hydrogen) atoms. The average Bonchev–Trinajstić information content (AvgIpc) is 2.40. The second-order valence-corrected chi connectivity index (χ2v) is 6.03. The number of rotatable bonds is 3. The molecule has 1 aliphatic carbocycles. The van der Waals surface area contributed by atoms with E-state index in [0.717, 1.165) is 12.5 Å². The zero-order valence-corrected chi connectivity index (χ0v) is 11.5. The Bertz CT molecular complexity index is 228. The van der Waals surface area contributed by atoms with E-state index in [0.29, 0.717) is 11.6 Å². The van der Waals surface area contributed by atoms with Crippen molar-refractivity contribution >= 4 is 0 Å². The van der Waals surface area contributed by atoms with Gasteiger partial charge in [0, 0.05) is 32.3 Å². The second-order valence-electron chi connectivity index (χ2n) is 6.03. The first-order chi connectivity index (χ1) is 8.20. The number of piperidine rings is 1. The van der Waals surface area contributed by atoms with Crippen molar-refractivity contribution in [2.75, 3.05) is 26.7 Å². The molecule has 3 heteroatoms. The van der Waals surface area contributed by atoms with Crippen molar-refractivity contribution in [3.63, 3.8) is 0 Å². The van der Waals surface area contributed by atoms with E-state index < -0.39 is 0 Å². The van der Waals surface area contributed by atoms with Gasteiger partial charge in [0.15, 0.2) is 0 Å². The fourth-order valence-electron chi connectivity index (χ4n) is 3.51. The maximum atomic E-state index is 6.11. The summed E-state index contributed by atoms with van der Waals surface area (Å²) in [7, 11) is 1.83. The van der Waals surface area contributed by atoms with Gasteiger partial charge < -0.3 is 10.5 Å². The summed E-state index contributed by atoms with van der Waals surface area (Å²) in [5, 5.41) is 0. The van der Waals surface area contributed by atoms with Crippen molar-refractivity contribution in [1.82, 2.24) is 4.90 Å². The maximum Gasteiger partial charge on any atom is 0.0595 e. The number of nitrogens with two attached hydrogens (primary N) is 1. The third kappa shape index (κ3) is 2.83. The second kappa shape index (κ2) is 5.68. The number of ether oxygens (including phenoxy) is 1. The highest BCUT2D eigenvalue weighted by atomic mass is 16.5. The van der Waals surface area contributed by atoms with Gasteiger partial charge >= 0.3 is 0 Å². The van der Waals surface area contributed by atoms with Gasteiger partial charge in [-0.1, -0.05) is 6.92 Å². The van der Waals surface area contributed by atoms with E-state index in [1.807, 2.05) is 7.11 Å². The topological polar surface area (TPSA) is 38.5 Å². The molecule has 1 saturated carbocycles. The minimum absolute atomic E-state index is 0.311. The molecule has 1 aliphatic heterocycles. The first kappa shape index (κ1) is 13.3. The van der Waals surface area contributed by atoms with Crippen LogP contribution in [-0.2, 0) is 4.74 Å². The largest absolute Gasteiger partial charge is 0.381 e. The molecule has 0 aromatic rings. The fourth-order valence-corrected chi connectivity index (χ4v) is 3.51. The lowest BCUT2D eigenvalue weighted by Gasteiger charge is -2.49. The Hall–Kier alpha value is -0.120. The van der Waals surface area contributed by atoms with Crippen molar-refractivity contribution in [2.24, 2.45) is 11.7 Å². The predicted molar refractivity (Wildman–Crippen MR) is 71.0 cm³/mol. The van der Waals surface area contributed by atoms with Gasteiger partial charge in [-0.3, -0.25) is 4.90 Å². The Balaban J connectivity index is 1.94. The molecule has 3 nitrogen and oxygen atoms in total. The van der Waals surface area contributed by atoms with Gasteiger partial charge in [-0.25, -0.2) is 0 Å². The van der Waals surface area contributed by atoms with Crippen LogP contribution >= 0.6 is 0 Å².